The van der Waals surface area contributed by atoms with Crippen molar-refractivity contribution in [2.24, 2.45) is 0 Å². The van der Waals surface area contributed by atoms with Crippen molar-refractivity contribution in [3.05, 3.63) is 54.1 Å². The third-order valence-corrected chi connectivity index (χ3v) is 4.29. The van der Waals surface area contributed by atoms with E-state index in [9.17, 15) is 9.59 Å². The fourth-order valence-electron chi connectivity index (χ4n) is 3.00. The standard InChI is InChI=1S/C20H22N2O3/c1-13(2)15-8-4-5-9-16(15)21-20(24)19-12-22(14(3)23)17-10-6-7-11-18(17)25-19/h4-11,13,19H,12H2,1-3H3,(H,21,24). The van der Waals surface area contributed by atoms with Crippen LogP contribution in [0.1, 0.15) is 32.3 Å². The van der Waals surface area contributed by atoms with Crippen LogP contribution < -0.4 is 15.0 Å². The number of carbonyl (C=O) groups is 2. The van der Waals surface area contributed by atoms with Crippen LogP contribution in [0.2, 0.25) is 0 Å². The summed E-state index contributed by atoms with van der Waals surface area (Å²) in [4.78, 5) is 26.3. The number of hydrogen-bond acceptors (Lipinski definition) is 3. The van der Waals surface area contributed by atoms with Crippen LogP contribution in [-0.2, 0) is 9.59 Å². The van der Waals surface area contributed by atoms with Gasteiger partial charge in [0.25, 0.3) is 5.91 Å². The number of nitrogens with one attached hydrogen (secondary N) is 1. The molecule has 0 aliphatic carbocycles. The van der Waals surface area contributed by atoms with Gasteiger partial charge >= 0.3 is 0 Å². The number of nitrogens with zero attached hydrogens (tertiary/aromatic N) is 1. The van der Waals surface area contributed by atoms with Crippen LogP contribution in [0.4, 0.5) is 11.4 Å². The molecule has 5 heteroatoms. The van der Waals surface area contributed by atoms with E-state index >= 15 is 0 Å². The number of hydrogen-bond donors (Lipinski definition) is 1. The second-order valence-electron chi connectivity index (χ2n) is 6.44. The van der Waals surface area contributed by atoms with Gasteiger partial charge in [-0.3, -0.25) is 9.59 Å². The monoisotopic (exact) mass is 338 g/mol. The van der Waals surface area contributed by atoms with Gasteiger partial charge in [-0.1, -0.05) is 44.2 Å². The van der Waals surface area contributed by atoms with Crippen molar-refractivity contribution in [3.8, 4) is 5.75 Å². The van der Waals surface area contributed by atoms with Crippen LogP contribution in [0, 0.1) is 0 Å². The van der Waals surface area contributed by atoms with Crippen molar-refractivity contribution in [1.29, 1.82) is 0 Å². The summed E-state index contributed by atoms with van der Waals surface area (Å²) < 4.78 is 5.84. The lowest BCUT2D eigenvalue weighted by atomic mass is 10.0. The lowest BCUT2D eigenvalue weighted by Crippen LogP contribution is -2.48. The quantitative estimate of drug-likeness (QED) is 0.931. The lowest BCUT2D eigenvalue weighted by Gasteiger charge is -2.33. The van der Waals surface area contributed by atoms with Gasteiger partial charge in [-0.2, -0.15) is 0 Å². The predicted octanol–water partition coefficient (Wildman–Crippen LogP) is 3.56. The Hall–Kier alpha value is -2.82. The first kappa shape index (κ1) is 17.0. The minimum absolute atomic E-state index is 0.115. The Balaban J connectivity index is 1.83. The van der Waals surface area contributed by atoms with Crippen LogP contribution in [0.25, 0.3) is 0 Å². The third kappa shape index (κ3) is 3.50. The number of anilines is 2. The predicted molar refractivity (Wildman–Crippen MR) is 98.0 cm³/mol. The maximum absolute atomic E-state index is 12.7. The second kappa shape index (κ2) is 6.97. The molecule has 3 rings (SSSR count). The van der Waals surface area contributed by atoms with E-state index in [-0.39, 0.29) is 18.4 Å². The van der Waals surface area contributed by atoms with E-state index < -0.39 is 6.10 Å². The average molecular weight is 338 g/mol. The first-order valence-electron chi connectivity index (χ1n) is 8.41. The Morgan fingerprint density at radius 1 is 1.12 bits per heavy atom. The Kier molecular flexibility index (Phi) is 4.74. The van der Waals surface area contributed by atoms with Crippen LogP contribution in [0.3, 0.4) is 0 Å². The van der Waals surface area contributed by atoms with Crippen molar-refractivity contribution in [3.63, 3.8) is 0 Å². The molecule has 0 radical (unpaired) electrons. The first-order chi connectivity index (χ1) is 12.0. The highest BCUT2D eigenvalue weighted by Gasteiger charge is 2.32. The summed E-state index contributed by atoms with van der Waals surface area (Å²) in [6, 6.07) is 15.0. The summed E-state index contributed by atoms with van der Waals surface area (Å²) >= 11 is 0. The van der Waals surface area contributed by atoms with Crippen molar-refractivity contribution >= 4 is 23.2 Å². The molecule has 25 heavy (non-hydrogen) atoms. The smallest absolute Gasteiger partial charge is 0.267 e. The Bertz CT molecular complexity index is 801. The second-order valence-corrected chi connectivity index (χ2v) is 6.44. The molecule has 1 N–H and O–H groups in total. The van der Waals surface area contributed by atoms with Crippen LogP contribution in [-0.4, -0.2) is 24.5 Å². The first-order valence-corrected chi connectivity index (χ1v) is 8.41. The molecule has 0 aromatic heterocycles. The van der Waals surface area contributed by atoms with Gasteiger partial charge in [0.2, 0.25) is 5.91 Å². The molecule has 1 unspecified atom stereocenters. The van der Waals surface area contributed by atoms with Gasteiger partial charge in [-0.05, 0) is 29.7 Å². The van der Waals surface area contributed by atoms with Gasteiger partial charge in [0.1, 0.15) is 5.75 Å². The van der Waals surface area contributed by atoms with Gasteiger partial charge in [0.15, 0.2) is 6.10 Å². The normalized spacial score (nSPS) is 16.2. The van der Waals surface area contributed by atoms with Crippen LogP contribution in [0.15, 0.2) is 48.5 Å². The number of benzene rings is 2. The molecule has 0 bridgehead atoms. The molecule has 2 aromatic carbocycles. The van der Waals surface area contributed by atoms with Gasteiger partial charge in [-0.15, -0.1) is 0 Å². The van der Waals surface area contributed by atoms with E-state index in [0.717, 1.165) is 11.3 Å². The zero-order valence-corrected chi connectivity index (χ0v) is 14.7. The van der Waals surface area contributed by atoms with E-state index in [1.54, 1.807) is 11.0 Å². The maximum Gasteiger partial charge on any atom is 0.267 e. The molecule has 130 valence electrons. The Labute approximate surface area is 147 Å². The number of ether oxygens (including phenoxy) is 1. The summed E-state index contributed by atoms with van der Waals surface area (Å²) in [5, 5.41) is 2.95. The number of rotatable bonds is 3. The fourth-order valence-corrected chi connectivity index (χ4v) is 3.00. The zero-order chi connectivity index (χ0) is 18.0. The van der Waals surface area contributed by atoms with E-state index in [0.29, 0.717) is 17.4 Å². The molecule has 0 saturated carbocycles. The molecule has 0 fully saturated rings. The Morgan fingerprint density at radius 3 is 2.52 bits per heavy atom. The fraction of sp³-hybridized carbons (Fsp3) is 0.300. The highest BCUT2D eigenvalue weighted by atomic mass is 16.5. The molecule has 1 aliphatic rings. The van der Waals surface area contributed by atoms with Crippen LogP contribution in [0.5, 0.6) is 5.75 Å². The summed E-state index contributed by atoms with van der Waals surface area (Å²) in [7, 11) is 0. The Morgan fingerprint density at radius 2 is 1.80 bits per heavy atom. The highest BCUT2D eigenvalue weighted by molar-refractivity contribution is 5.99. The van der Waals surface area contributed by atoms with Crippen molar-refractivity contribution in [2.75, 3.05) is 16.8 Å². The summed E-state index contributed by atoms with van der Waals surface area (Å²) in [6.07, 6.45) is -0.751. The molecule has 1 aliphatic heterocycles. The van der Waals surface area contributed by atoms with E-state index in [1.807, 2.05) is 42.5 Å². The molecule has 1 heterocycles. The molecule has 0 saturated heterocycles. The van der Waals surface area contributed by atoms with Crippen molar-refractivity contribution in [1.82, 2.24) is 0 Å². The summed E-state index contributed by atoms with van der Waals surface area (Å²) in [6.45, 7) is 5.85. The number of carbonyl (C=O) groups excluding carboxylic acids is 2. The summed E-state index contributed by atoms with van der Waals surface area (Å²) in [5.74, 6) is 0.462. The van der Waals surface area contributed by atoms with E-state index in [2.05, 4.69) is 19.2 Å². The number of fused-ring (bicyclic) bond motifs is 1. The van der Waals surface area contributed by atoms with E-state index in [1.165, 1.54) is 6.92 Å². The average Bonchev–Trinajstić information content (AvgIpc) is 2.60. The molecule has 2 aromatic rings. The zero-order valence-electron chi connectivity index (χ0n) is 14.7. The van der Waals surface area contributed by atoms with Gasteiger partial charge in [-0.25, -0.2) is 0 Å². The molecular formula is C20H22N2O3. The topological polar surface area (TPSA) is 58.6 Å². The van der Waals surface area contributed by atoms with Gasteiger partial charge < -0.3 is 15.0 Å². The number of para-hydroxylation sites is 3. The molecule has 5 nitrogen and oxygen atoms in total. The number of amides is 2. The lowest BCUT2D eigenvalue weighted by molar-refractivity contribution is -0.123. The molecule has 2 amide bonds. The molecule has 0 spiro atoms. The molecule has 1 atom stereocenters. The SMILES string of the molecule is CC(=O)N1CC(C(=O)Nc2ccccc2C(C)C)Oc2ccccc21. The van der Waals surface area contributed by atoms with E-state index in [4.69, 9.17) is 4.74 Å². The van der Waals surface area contributed by atoms with Crippen LogP contribution >= 0.6 is 0 Å². The van der Waals surface area contributed by atoms with Crippen molar-refractivity contribution < 1.29 is 14.3 Å². The molecular weight excluding hydrogens is 316 g/mol. The summed E-state index contributed by atoms with van der Waals surface area (Å²) in [5.41, 5.74) is 2.54. The van der Waals surface area contributed by atoms with Gasteiger partial charge in [0.05, 0.1) is 12.2 Å². The third-order valence-electron chi connectivity index (χ3n) is 4.29. The minimum atomic E-state index is -0.751. The minimum Gasteiger partial charge on any atom is -0.476 e. The maximum atomic E-state index is 12.7. The highest BCUT2D eigenvalue weighted by Crippen LogP contribution is 2.33. The van der Waals surface area contributed by atoms with Gasteiger partial charge in [0, 0.05) is 12.6 Å². The largest absolute Gasteiger partial charge is 0.476 e. The van der Waals surface area contributed by atoms with Crippen molar-refractivity contribution in [2.45, 2.75) is 32.8 Å².